The van der Waals surface area contributed by atoms with Gasteiger partial charge < -0.3 is 4.74 Å². The molecule has 0 radical (unpaired) electrons. The molecule has 0 N–H and O–H groups in total. The standard InChI is InChI=1S/C15H23FN2O3S/c1-13(14-5-3-4-6-15(14)16)17-7-9-18(10-8-17)22(19,20)12-11-21-2/h3-6,13H,7-12H2,1-2H3. The monoisotopic (exact) mass is 330 g/mol. The van der Waals surface area contributed by atoms with E-state index >= 15 is 0 Å². The second-order valence-corrected chi connectivity index (χ2v) is 7.53. The molecule has 0 aromatic heterocycles. The number of rotatable bonds is 6. The maximum absolute atomic E-state index is 13.9. The van der Waals surface area contributed by atoms with Crippen LogP contribution in [0.2, 0.25) is 0 Å². The fourth-order valence-corrected chi connectivity index (χ4v) is 4.05. The van der Waals surface area contributed by atoms with Crippen LogP contribution in [-0.2, 0) is 14.8 Å². The average molecular weight is 330 g/mol. The van der Waals surface area contributed by atoms with Crippen molar-refractivity contribution >= 4 is 10.0 Å². The predicted octanol–water partition coefficient (Wildman–Crippen LogP) is 1.48. The van der Waals surface area contributed by atoms with Crippen molar-refractivity contribution in [2.24, 2.45) is 0 Å². The number of piperazine rings is 1. The number of benzene rings is 1. The van der Waals surface area contributed by atoms with Gasteiger partial charge in [-0.05, 0) is 13.0 Å². The molecular weight excluding hydrogens is 307 g/mol. The number of nitrogens with zero attached hydrogens (tertiary/aromatic N) is 2. The summed E-state index contributed by atoms with van der Waals surface area (Å²) in [6.45, 7) is 4.22. The van der Waals surface area contributed by atoms with Crippen LogP contribution in [0.5, 0.6) is 0 Å². The van der Waals surface area contributed by atoms with Crippen LogP contribution in [0.15, 0.2) is 24.3 Å². The molecule has 1 aromatic carbocycles. The van der Waals surface area contributed by atoms with E-state index in [1.165, 1.54) is 17.5 Å². The van der Waals surface area contributed by atoms with Crippen LogP contribution in [-0.4, -0.2) is 63.3 Å². The summed E-state index contributed by atoms with van der Waals surface area (Å²) < 4.78 is 44.4. The molecule has 0 saturated carbocycles. The minimum Gasteiger partial charge on any atom is -0.384 e. The van der Waals surface area contributed by atoms with Crippen molar-refractivity contribution in [3.8, 4) is 0 Å². The van der Waals surface area contributed by atoms with Gasteiger partial charge in [0, 0.05) is 44.9 Å². The summed E-state index contributed by atoms with van der Waals surface area (Å²) >= 11 is 0. The van der Waals surface area contributed by atoms with Crippen molar-refractivity contribution in [2.45, 2.75) is 13.0 Å². The molecule has 7 heteroatoms. The van der Waals surface area contributed by atoms with Gasteiger partial charge in [0.25, 0.3) is 0 Å². The third-order valence-corrected chi connectivity index (χ3v) is 5.95. The van der Waals surface area contributed by atoms with E-state index in [9.17, 15) is 12.8 Å². The van der Waals surface area contributed by atoms with Crippen molar-refractivity contribution in [1.82, 2.24) is 9.21 Å². The van der Waals surface area contributed by atoms with E-state index in [0.29, 0.717) is 31.7 Å². The molecule has 0 aliphatic carbocycles. The molecule has 1 heterocycles. The van der Waals surface area contributed by atoms with Crippen LogP contribution >= 0.6 is 0 Å². The number of hydrogen-bond acceptors (Lipinski definition) is 4. The summed E-state index contributed by atoms with van der Waals surface area (Å²) in [5.41, 5.74) is 0.651. The molecule has 1 fully saturated rings. The van der Waals surface area contributed by atoms with Crippen LogP contribution in [0.3, 0.4) is 0 Å². The smallest absolute Gasteiger partial charge is 0.216 e. The highest BCUT2D eigenvalue weighted by atomic mass is 32.2. The van der Waals surface area contributed by atoms with Crippen molar-refractivity contribution in [1.29, 1.82) is 0 Å². The van der Waals surface area contributed by atoms with Gasteiger partial charge in [0.2, 0.25) is 10.0 Å². The first-order chi connectivity index (χ1) is 10.5. The molecule has 1 aliphatic heterocycles. The third-order valence-electron chi connectivity index (χ3n) is 4.12. The molecule has 1 aliphatic rings. The number of methoxy groups -OCH3 is 1. The Labute approximate surface area is 131 Å². The summed E-state index contributed by atoms with van der Waals surface area (Å²) in [5, 5.41) is 0. The first-order valence-electron chi connectivity index (χ1n) is 7.41. The van der Waals surface area contributed by atoms with Gasteiger partial charge in [-0.3, -0.25) is 4.90 Å². The Balaban J connectivity index is 1.96. The van der Waals surface area contributed by atoms with Crippen molar-refractivity contribution < 1.29 is 17.5 Å². The van der Waals surface area contributed by atoms with Gasteiger partial charge in [0.1, 0.15) is 5.82 Å². The lowest BCUT2D eigenvalue weighted by Crippen LogP contribution is -2.50. The molecule has 1 aromatic rings. The van der Waals surface area contributed by atoms with Gasteiger partial charge >= 0.3 is 0 Å². The zero-order valence-electron chi connectivity index (χ0n) is 13.0. The zero-order valence-corrected chi connectivity index (χ0v) is 13.9. The minimum atomic E-state index is -3.26. The molecule has 2 rings (SSSR count). The molecule has 0 spiro atoms. The summed E-state index contributed by atoms with van der Waals surface area (Å²) in [7, 11) is -1.77. The van der Waals surface area contributed by atoms with E-state index in [4.69, 9.17) is 4.74 Å². The Morgan fingerprint density at radius 1 is 1.23 bits per heavy atom. The lowest BCUT2D eigenvalue weighted by Gasteiger charge is -2.37. The van der Waals surface area contributed by atoms with Crippen LogP contribution < -0.4 is 0 Å². The molecule has 0 bridgehead atoms. The molecule has 0 amide bonds. The normalized spacial score (nSPS) is 19.2. The summed E-state index contributed by atoms with van der Waals surface area (Å²) in [6.07, 6.45) is 0. The summed E-state index contributed by atoms with van der Waals surface area (Å²) in [5.74, 6) is -0.211. The highest BCUT2D eigenvalue weighted by Crippen LogP contribution is 2.24. The van der Waals surface area contributed by atoms with E-state index < -0.39 is 10.0 Å². The molecule has 5 nitrogen and oxygen atoms in total. The molecule has 1 unspecified atom stereocenters. The topological polar surface area (TPSA) is 49.9 Å². The zero-order chi connectivity index (χ0) is 16.2. The highest BCUT2D eigenvalue weighted by Gasteiger charge is 2.29. The summed E-state index contributed by atoms with van der Waals surface area (Å²) in [4.78, 5) is 2.11. The lowest BCUT2D eigenvalue weighted by molar-refractivity contribution is 0.142. The van der Waals surface area contributed by atoms with Crippen LogP contribution in [0.1, 0.15) is 18.5 Å². The number of hydrogen-bond donors (Lipinski definition) is 0. The van der Waals surface area contributed by atoms with E-state index in [-0.39, 0.29) is 24.2 Å². The van der Waals surface area contributed by atoms with Crippen molar-refractivity contribution in [3.63, 3.8) is 0 Å². The number of sulfonamides is 1. The van der Waals surface area contributed by atoms with Gasteiger partial charge in [-0.25, -0.2) is 12.8 Å². The highest BCUT2D eigenvalue weighted by molar-refractivity contribution is 7.89. The van der Waals surface area contributed by atoms with E-state index in [0.717, 1.165) is 0 Å². The van der Waals surface area contributed by atoms with Gasteiger partial charge in [-0.15, -0.1) is 0 Å². The number of halogens is 1. The Morgan fingerprint density at radius 3 is 2.45 bits per heavy atom. The first-order valence-corrected chi connectivity index (χ1v) is 9.02. The number of ether oxygens (including phenoxy) is 1. The Kier molecular flexibility index (Phi) is 5.91. The molecule has 1 saturated heterocycles. The quantitative estimate of drug-likeness (QED) is 0.793. The minimum absolute atomic E-state index is 0.00632. The van der Waals surface area contributed by atoms with Gasteiger partial charge in [-0.1, -0.05) is 18.2 Å². The van der Waals surface area contributed by atoms with Crippen LogP contribution in [0.4, 0.5) is 4.39 Å². The van der Waals surface area contributed by atoms with Gasteiger partial charge in [0.05, 0.1) is 12.4 Å². The average Bonchev–Trinajstić information content (AvgIpc) is 2.53. The Morgan fingerprint density at radius 2 is 1.86 bits per heavy atom. The fraction of sp³-hybridized carbons (Fsp3) is 0.600. The Hall–Kier alpha value is -1.02. The van der Waals surface area contributed by atoms with E-state index in [1.54, 1.807) is 12.1 Å². The second kappa shape index (κ2) is 7.50. The second-order valence-electron chi connectivity index (χ2n) is 5.44. The largest absolute Gasteiger partial charge is 0.384 e. The van der Waals surface area contributed by atoms with Crippen molar-refractivity contribution in [3.05, 3.63) is 35.6 Å². The Bertz CT molecular complexity index is 586. The third kappa shape index (κ3) is 4.04. The van der Waals surface area contributed by atoms with E-state index in [2.05, 4.69) is 4.90 Å². The van der Waals surface area contributed by atoms with Crippen LogP contribution in [0, 0.1) is 5.82 Å². The maximum atomic E-state index is 13.9. The predicted molar refractivity (Wildman–Crippen MR) is 83.6 cm³/mol. The molecule has 22 heavy (non-hydrogen) atoms. The first kappa shape index (κ1) is 17.3. The van der Waals surface area contributed by atoms with Crippen LogP contribution in [0.25, 0.3) is 0 Å². The molecular formula is C15H23FN2O3S. The molecule has 124 valence electrons. The molecule has 1 atom stereocenters. The lowest BCUT2D eigenvalue weighted by atomic mass is 10.1. The maximum Gasteiger partial charge on any atom is 0.216 e. The van der Waals surface area contributed by atoms with E-state index in [1.807, 2.05) is 13.0 Å². The fourth-order valence-electron chi connectivity index (χ4n) is 2.70. The van der Waals surface area contributed by atoms with Gasteiger partial charge in [0.15, 0.2) is 0 Å². The van der Waals surface area contributed by atoms with Crippen molar-refractivity contribution in [2.75, 3.05) is 45.6 Å². The SMILES string of the molecule is COCCS(=O)(=O)N1CCN(C(C)c2ccccc2F)CC1. The van der Waals surface area contributed by atoms with Gasteiger partial charge in [-0.2, -0.15) is 4.31 Å². The summed E-state index contributed by atoms with van der Waals surface area (Å²) in [6, 6.07) is 6.66.